The zero-order chi connectivity index (χ0) is 14.8. The number of amides is 1. The Morgan fingerprint density at radius 1 is 1.35 bits per heavy atom. The monoisotopic (exact) mass is 282 g/mol. The van der Waals surface area contributed by atoms with Gasteiger partial charge in [0.2, 0.25) is 0 Å². The summed E-state index contributed by atoms with van der Waals surface area (Å²) in [5, 5.41) is 11.3. The van der Waals surface area contributed by atoms with E-state index in [4.69, 9.17) is 5.11 Å². The lowest BCUT2D eigenvalue weighted by Crippen LogP contribution is -2.39. The quantitative estimate of drug-likeness (QED) is 0.778. The molecule has 2 aromatic rings. The highest BCUT2D eigenvalue weighted by molar-refractivity contribution is 5.96. The van der Waals surface area contributed by atoms with Crippen LogP contribution in [0.3, 0.4) is 0 Å². The lowest BCUT2D eigenvalue weighted by molar-refractivity contribution is -0.0462. The first-order chi connectivity index (χ1) is 9.43. The highest BCUT2D eigenvalue weighted by Crippen LogP contribution is 2.12. The van der Waals surface area contributed by atoms with E-state index in [0.717, 1.165) is 0 Å². The maximum absolute atomic E-state index is 12.8. The molecule has 0 atom stereocenters. The van der Waals surface area contributed by atoms with E-state index in [9.17, 15) is 18.4 Å². The van der Waals surface area contributed by atoms with Gasteiger partial charge < -0.3 is 15.4 Å². The Morgan fingerprint density at radius 3 is 2.75 bits per heavy atom. The van der Waals surface area contributed by atoms with Crippen molar-refractivity contribution >= 4 is 16.7 Å². The molecule has 0 bridgehead atoms. The molecular formula is C13H12F2N2O3. The number of hydrogen-bond acceptors (Lipinski definition) is 3. The summed E-state index contributed by atoms with van der Waals surface area (Å²) in [5.41, 5.74) is -0.579. The van der Waals surface area contributed by atoms with E-state index in [1.54, 1.807) is 24.3 Å². The minimum absolute atomic E-state index is 0.109. The molecule has 20 heavy (non-hydrogen) atoms. The first kappa shape index (κ1) is 14.1. The van der Waals surface area contributed by atoms with E-state index in [-0.39, 0.29) is 5.69 Å². The van der Waals surface area contributed by atoms with Crippen LogP contribution in [0.2, 0.25) is 0 Å². The summed E-state index contributed by atoms with van der Waals surface area (Å²) < 4.78 is 25.6. The van der Waals surface area contributed by atoms with Gasteiger partial charge in [-0.05, 0) is 17.5 Å². The molecule has 7 heteroatoms. The number of aromatic amines is 1. The average Bonchev–Trinajstić information content (AvgIpc) is 2.45. The van der Waals surface area contributed by atoms with Gasteiger partial charge in [-0.25, -0.2) is 8.78 Å². The van der Waals surface area contributed by atoms with Gasteiger partial charge in [-0.3, -0.25) is 9.59 Å². The zero-order valence-electron chi connectivity index (χ0n) is 10.3. The molecule has 2 rings (SSSR count). The summed E-state index contributed by atoms with van der Waals surface area (Å²) >= 11 is 0. The highest BCUT2D eigenvalue weighted by Gasteiger charge is 2.28. The van der Waals surface area contributed by atoms with Crippen molar-refractivity contribution in [2.24, 2.45) is 0 Å². The SMILES string of the molecule is O=C(NCC(F)(F)CO)c1cc2ccccc2c(=O)[nH]1. The predicted octanol–water partition coefficient (Wildman–Crippen LogP) is 0.885. The van der Waals surface area contributed by atoms with Gasteiger partial charge in [0.1, 0.15) is 12.3 Å². The lowest BCUT2D eigenvalue weighted by atomic mass is 10.1. The van der Waals surface area contributed by atoms with Crippen LogP contribution in [0.1, 0.15) is 10.5 Å². The van der Waals surface area contributed by atoms with Crippen LogP contribution in [0.5, 0.6) is 0 Å². The van der Waals surface area contributed by atoms with Crippen LogP contribution >= 0.6 is 0 Å². The number of aromatic nitrogens is 1. The topological polar surface area (TPSA) is 82.2 Å². The van der Waals surface area contributed by atoms with Gasteiger partial charge in [-0.15, -0.1) is 0 Å². The van der Waals surface area contributed by atoms with Gasteiger partial charge in [-0.1, -0.05) is 18.2 Å². The number of halogens is 2. The maximum atomic E-state index is 12.8. The van der Waals surface area contributed by atoms with E-state index in [0.29, 0.717) is 10.8 Å². The third-order valence-corrected chi connectivity index (χ3v) is 2.74. The Labute approximate surface area is 112 Å². The molecule has 0 radical (unpaired) electrons. The number of rotatable bonds is 4. The number of carbonyl (C=O) groups excluding carboxylic acids is 1. The molecule has 0 aliphatic carbocycles. The number of aliphatic hydroxyl groups is 1. The van der Waals surface area contributed by atoms with Crippen molar-refractivity contribution in [1.82, 2.24) is 10.3 Å². The maximum Gasteiger partial charge on any atom is 0.287 e. The van der Waals surface area contributed by atoms with Crippen LogP contribution in [0.25, 0.3) is 10.8 Å². The van der Waals surface area contributed by atoms with Gasteiger partial charge in [0, 0.05) is 5.39 Å². The molecule has 1 amide bonds. The molecule has 0 saturated heterocycles. The Morgan fingerprint density at radius 2 is 2.05 bits per heavy atom. The molecule has 106 valence electrons. The summed E-state index contributed by atoms with van der Waals surface area (Å²) in [6.07, 6.45) is 0. The molecule has 0 fully saturated rings. The standard InChI is InChI=1S/C13H12F2N2O3/c14-13(15,7-18)6-16-12(20)10-5-8-3-1-2-4-9(8)11(19)17-10/h1-5,18H,6-7H2,(H,16,20)(H,17,19). The van der Waals surface area contributed by atoms with Crippen molar-refractivity contribution in [2.45, 2.75) is 5.92 Å². The van der Waals surface area contributed by atoms with Crippen molar-refractivity contribution < 1.29 is 18.7 Å². The molecule has 1 aromatic heterocycles. The Balaban J connectivity index is 2.25. The van der Waals surface area contributed by atoms with Crippen molar-refractivity contribution in [3.63, 3.8) is 0 Å². The largest absolute Gasteiger partial charge is 0.390 e. The molecule has 5 nitrogen and oxygen atoms in total. The fourth-order valence-corrected chi connectivity index (χ4v) is 1.69. The molecule has 0 unspecified atom stereocenters. The zero-order valence-corrected chi connectivity index (χ0v) is 10.3. The molecule has 0 aliphatic rings. The highest BCUT2D eigenvalue weighted by atomic mass is 19.3. The second-order valence-corrected chi connectivity index (χ2v) is 4.30. The summed E-state index contributed by atoms with van der Waals surface area (Å²) in [6, 6.07) is 8.02. The van der Waals surface area contributed by atoms with Crippen LogP contribution in [-0.2, 0) is 0 Å². The number of H-pyrrole nitrogens is 1. The van der Waals surface area contributed by atoms with Gasteiger partial charge in [-0.2, -0.15) is 0 Å². The fraction of sp³-hybridized carbons (Fsp3) is 0.231. The normalized spacial score (nSPS) is 11.6. The number of nitrogens with one attached hydrogen (secondary N) is 2. The molecule has 1 heterocycles. The van der Waals surface area contributed by atoms with Crippen LogP contribution in [0.15, 0.2) is 35.1 Å². The summed E-state index contributed by atoms with van der Waals surface area (Å²) in [4.78, 5) is 25.8. The molecule has 0 saturated carbocycles. The Kier molecular flexibility index (Phi) is 3.80. The molecule has 0 spiro atoms. The van der Waals surface area contributed by atoms with Crippen LogP contribution in [-0.4, -0.2) is 35.1 Å². The summed E-state index contributed by atoms with van der Waals surface area (Å²) in [5.74, 6) is -4.23. The number of pyridine rings is 1. The fourth-order valence-electron chi connectivity index (χ4n) is 1.69. The van der Waals surface area contributed by atoms with E-state index >= 15 is 0 Å². The van der Waals surface area contributed by atoms with Gasteiger partial charge in [0.05, 0.1) is 6.54 Å². The van der Waals surface area contributed by atoms with Gasteiger partial charge in [0.15, 0.2) is 0 Å². The van der Waals surface area contributed by atoms with Gasteiger partial charge in [0.25, 0.3) is 17.4 Å². The van der Waals surface area contributed by atoms with E-state index in [1.165, 1.54) is 6.07 Å². The minimum Gasteiger partial charge on any atom is -0.390 e. The molecule has 3 N–H and O–H groups in total. The van der Waals surface area contributed by atoms with Crippen molar-refractivity contribution in [3.05, 3.63) is 46.4 Å². The first-order valence-electron chi connectivity index (χ1n) is 5.82. The third kappa shape index (κ3) is 3.00. The number of aliphatic hydroxyl groups excluding tert-OH is 1. The number of fused-ring (bicyclic) bond motifs is 1. The van der Waals surface area contributed by atoms with Crippen molar-refractivity contribution in [1.29, 1.82) is 0 Å². The van der Waals surface area contributed by atoms with E-state index in [1.807, 2.05) is 5.32 Å². The first-order valence-corrected chi connectivity index (χ1v) is 5.82. The second kappa shape index (κ2) is 5.38. The summed E-state index contributed by atoms with van der Waals surface area (Å²) in [7, 11) is 0. The van der Waals surface area contributed by atoms with Gasteiger partial charge >= 0.3 is 0 Å². The number of hydrogen-bond donors (Lipinski definition) is 3. The lowest BCUT2D eigenvalue weighted by Gasteiger charge is -2.13. The molecular weight excluding hydrogens is 270 g/mol. The second-order valence-electron chi connectivity index (χ2n) is 4.30. The third-order valence-electron chi connectivity index (χ3n) is 2.74. The summed E-state index contributed by atoms with van der Waals surface area (Å²) in [6.45, 7) is -2.36. The smallest absolute Gasteiger partial charge is 0.287 e. The van der Waals surface area contributed by atoms with Crippen LogP contribution in [0, 0.1) is 0 Å². The predicted molar refractivity (Wildman–Crippen MR) is 68.9 cm³/mol. The molecule has 0 aliphatic heterocycles. The number of carbonyl (C=O) groups is 1. The number of benzene rings is 1. The number of alkyl halides is 2. The van der Waals surface area contributed by atoms with Crippen molar-refractivity contribution in [3.8, 4) is 0 Å². The minimum atomic E-state index is -3.40. The van der Waals surface area contributed by atoms with Crippen molar-refractivity contribution in [2.75, 3.05) is 13.2 Å². The average molecular weight is 282 g/mol. The molecule has 1 aromatic carbocycles. The Hall–Kier alpha value is -2.28. The Bertz CT molecular complexity index is 697. The van der Waals surface area contributed by atoms with Crippen LogP contribution < -0.4 is 10.9 Å². The van der Waals surface area contributed by atoms with E-state index in [2.05, 4.69) is 4.98 Å². The van der Waals surface area contributed by atoms with E-state index < -0.39 is 30.5 Å². The van der Waals surface area contributed by atoms with Crippen LogP contribution in [0.4, 0.5) is 8.78 Å².